The number of para-hydroxylation sites is 2. The highest BCUT2D eigenvalue weighted by atomic mass is 32.1. The van der Waals surface area contributed by atoms with Gasteiger partial charge in [0.05, 0.1) is 0 Å². The molecule has 0 atom stereocenters. The zero-order valence-electron chi connectivity index (χ0n) is 10.4. The summed E-state index contributed by atoms with van der Waals surface area (Å²) in [5.41, 5.74) is 0. The molecule has 0 saturated heterocycles. The molecule has 2 aromatic rings. The molecule has 0 aliphatic heterocycles. The molecule has 1 N–H and O–H groups in total. The van der Waals surface area contributed by atoms with Crippen LogP contribution in [0.5, 0.6) is 11.5 Å². The molecule has 4 nitrogen and oxygen atoms in total. The smallest absolute Gasteiger partial charge is 0.484 e. The zero-order chi connectivity index (χ0) is 15.5. The lowest BCUT2D eigenvalue weighted by atomic mass is 10.3. The van der Waals surface area contributed by atoms with Crippen molar-refractivity contribution in [3.05, 3.63) is 46.2 Å². The summed E-state index contributed by atoms with van der Waals surface area (Å²) >= 11 is 0.992. The SMILES string of the molecule is O=C(O)c1ccc(COc2ccccc2OC(F)(F)F)s1. The van der Waals surface area contributed by atoms with Crippen molar-refractivity contribution in [1.29, 1.82) is 0 Å². The van der Waals surface area contributed by atoms with Crippen molar-refractivity contribution < 1.29 is 32.5 Å². The van der Waals surface area contributed by atoms with Gasteiger partial charge in [-0.25, -0.2) is 4.79 Å². The molecular formula is C13H9F3O4S. The molecule has 1 heterocycles. The number of alkyl halides is 3. The van der Waals surface area contributed by atoms with Gasteiger partial charge in [-0.15, -0.1) is 24.5 Å². The summed E-state index contributed by atoms with van der Waals surface area (Å²) in [5, 5.41) is 8.78. The van der Waals surface area contributed by atoms with Gasteiger partial charge in [0.1, 0.15) is 11.5 Å². The van der Waals surface area contributed by atoms with Gasteiger partial charge in [-0.1, -0.05) is 12.1 Å². The number of benzene rings is 1. The molecule has 21 heavy (non-hydrogen) atoms. The molecule has 0 unspecified atom stereocenters. The highest BCUT2D eigenvalue weighted by Gasteiger charge is 2.32. The van der Waals surface area contributed by atoms with Gasteiger partial charge >= 0.3 is 12.3 Å². The molecule has 0 radical (unpaired) electrons. The van der Waals surface area contributed by atoms with Gasteiger partial charge in [-0.3, -0.25) is 0 Å². The fraction of sp³-hybridized carbons (Fsp3) is 0.154. The predicted octanol–water partition coefficient (Wildman–Crippen LogP) is 3.92. The number of carbonyl (C=O) groups is 1. The Labute approximate surface area is 121 Å². The van der Waals surface area contributed by atoms with Crippen LogP contribution < -0.4 is 9.47 Å². The van der Waals surface area contributed by atoms with E-state index in [1.165, 1.54) is 24.3 Å². The highest BCUT2D eigenvalue weighted by Crippen LogP contribution is 2.32. The minimum atomic E-state index is -4.81. The zero-order valence-corrected chi connectivity index (χ0v) is 11.2. The number of hydrogen-bond acceptors (Lipinski definition) is 4. The van der Waals surface area contributed by atoms with E-state index >= 15 is 0 Å². The van der Waals surface area contributed by atoms with Gasteiger partial charge in [0.25, 0.3) is 0 Å². The summed E-state index contributed by atoms with van der Waals surface area (Å²) in [7, 11) is 0. The molecule has 8 heteroatoms. The molecule has 1 aromatic heterocycles. The van der Waals surface area contributed by atoms with E-state index in [1.807, 2.05) is 0 Å². The molecule has 0 spiro atoms. The summed E-state index contributed by atoms with van der Waals surface area (Å²) < 4.78 is 45.8. The summed E-state index contributed by atoms with van der Waals surface area (Å²) in [6.45, 7) is -0.0455. The van der Waals surface area contributed by atoms with Gasteiger partial charge < -0.3 is 14.6 Å². The lowest BCUT2D eigenvalue weighted by Crippen LogP contribution is -2.17. The van der Waals surface area contributed by atoms with Crippen molar-refractivity contribution in [3.63, 3.8) is 0 Å². The Hall–Kier alpha value is -2.22. The first-order chi connectivity index (χ1) is 9.85. The summed E-state index contributed by atoms with van der Waals surface area (Å²) in [6, 6.07) is 8.33. The Morgan fingerprint density at radius 1 is 1.14 bits per heavy atom. The minimum absolute atomic E-state index is 0.0455. The Balaban J connectivity index is 2.07. The molecule has 0 saturated carbocycles. The van der Waals surface area contributed by atoms with Gasteiger partial charge in [0.2, 0.25) is 0 Å². The van der Waals surface area contributed by atoms with Crippen molar-refractivity contribution in [1.82, 2.24) is 0 Å². The van der Waals surface area contributed by atoms with Gasteiger partial charge in [0, 0.05) is 4.88 Å². The van der Waals surface area contributed by atoms with Crippen LogP contribution in [0.1, 0.15) is 14.5 Å². The van der Waals surface area contributed by atoms with Crippen LogP contribution in [0.15, 0.2) is 36.4 Å². The van der Waals surface area contributed by atoms with Crippen LogP contribution in [0.25, 0.3) is 0 Å². The second-order valence-electron chi connectivity index (χ2n) is 3.85. The third-order valence-electron chi connectivity index (χ3n) is 2.32. The lowest BCUT2D eigenvalue weighted by Gasteiger charge is -2.13. The van der Waals surface area contributed by atoms with Crippen LogP contribution in [0.2, 0.25) is 0 Å². The molecular weight excluding hydrogens is 309 g/mol. The fourth-order valence-electron chi connectivity index (χ4n) is 1.50. The van der Waals surface area contributed by atoms with Crippen LogP contribution >= 0.6 is 11.3 Å². The fourth-order valence-corrected chi connectivity index (χ4v) is 2.26. The maximum atomic E-state index is 12.2. The number of halogens is 3. The topological polar surface area (TPSA) is 55.8 Å². The third-order valence-corrected chi connectivity index (χ3v) is 3.36. The molecule has 0 fully saturated rings. The van der Waals surface area contributed by atoms with Crippen molar-refractivity contribution >= 4 is 17.3 Å². The minimum Gasteiger partial charge on any atom is -0.484 e. The van der Waals surface area contributed by atoms with E-state index in [1.54, 1.807) is 6.07 Å². The summed E-state index contributed by atoms with van der Waals surface area (Å²) in [6.07, 6.45) is -4.81. The van der Waals surface area contributed by atoms with Crippen LogP contribution in [-0.4, -0.2) is 17.4 Å². The first-order valence-electron chi connectivity index (χ1n) is 5.65. The van der Waals surface area contributed by atoms with Gasteiger partial charge in [-0.2, -0.15) is 0 Å². The quantitative estimate of drug-likeness (QED) is 0.907. The molecule has 2 rings (SSSR count). The third kappa shape index (κ3) is 4.38. The van der Waals surface area contributed by atoms with E-state index in [2.05, 4.69) is 4.74 Å². The van der Waals surface area contributed by atoms with Gasteiger partial charge in [0.15, 0.2) is 11.5 Å². The normalized spacial score (nSPS) is 11.2. The largest absolute Gasteiger partial charge is 0.573 e. The molecule has 0 amide bonds. The Morgan fingerprint density at radius 3 is 2.38 bits per heavy atom. The average molecular weight is 318 g/mol. The number of hydrogen-bond donors (Lipinski definition) is 1. The van der Waals surface area contributed by atoms with Crippen LogP contribution in [0.4, 0.5) is 13.2 Å². The van der Waals surface area contributed by atoms with Crippen molar-refractivity contribution in [2.24, 2.45) is 0 Å². The molecule has 0 aliphatic rings. The molecule has 1 aromatic carbocycles. The second-order valence-corrected chi connectivity index (χ2v) is 5.02. The van der Waals surface area contributed by atoms with Crippen molar-refractivity contribution in [2.75, 3.05) is 0 Å². The first kappa shape index (κ1) is 15.2. The Bertz CT molecular complexity index is 636. The van der Waals surface area contributed by atoms with Crippen LogP contribution in [0.3, 0.4) is 0 Å². The van der Waals surface area contributed by atoms with E-state index < -0.39 is 18.1 Å². The second kappa shape index (κ2) is 6.04. The lowest BCUT2D eigenvalue weighted by molar-refractivity contribution is -0.275. The summed E-state index contributed by atoms with van der Waals surface area (Å²) in [4.78, 5) is 11.4. The Kier molecular flexibility index (Phi) is 4.37. The van der Waals surface area contributed by atoms with Crippen molar-refractivity contribution in [2.45, 2.75) is 13.0 Å². The van der Waals surface area contributed by atoms with Gasteiger partial charge in [-0.05, 0) is 24.3 Å². The first-order valence-corrected chi connectivity index (χ1v) is 6.46. The maximum absolute atomic E-state index is 12.2. The number of carboxylic acid groups (broad SMARTS) is 1. The van der Waals surface area contributed by atoms with Crippen LogP contribution in [0, 0.1) is 0 Å². The molecule has 0 bridgehead atoms. The van der Waals surface area contributed by atoms with E-state index in [9.17, 15) is 18.0 Å². The average Bonchev–Trinajstić information content (AvgIpc) is 2.85. The van der Waals surface area contributed by atoms with Crippen LogP contribution in [-0.2, 0) is 6.61 Å². The number of carboxylic acids is 1. The van der Waals surface area contributed by atoms with E-state index in [0.29, 0.717) is 4.88 Å². The summed E-state index contributed by atoms with van der Waals surface area (Å²) in [5.74, 6) is -1.58. The van der Waals surface area contributed by atoms with E-state index in [0.717, 1.165) is 17.4 Å². The number of aromatic carboxylic acids is 1. The molecule has 0 aliphatic carbocycles. The highest BCUT2D eigenvalue weighted by molar-refractivity contribution is 7.13. The number of rotatable bonds is 5. The number of thiophene rings is 1. The molecule has 112 valence electrons. The predicted molar refractivity (Wildman–Crippen MR) is 68.7 cm³/mol. The van der Waals surface area contributed by atoms with Crippen molar-refractivity contribution in [3.8, 4) is 11.5 Å². The van der Waals surface area contributed by atoms with E-state index in [4.69, 9.17) is 9.84 Å². The standard InChI is InChI=1S/C13H9F3O4S/c14-13(15,16)20-10-4-2-1-3-9(10)19-7-8-5-6-11(21-8)12(17)18/h1-6H,7H2,(H,17,18). The van der Waals surface area contributed by atoms with E-state index in [-0.39, 0.29) is 17.2 Å². The number of ether oxygens (including phenoxy) is 2. The maximum Gasteiger partial charge on any atom is 0.573 e. The Morgan fingerprint density at radius 2 is 1.81 bits per heavy atom. The monoisotopic (exact) mass is 318 g/mol.